The van der Waals surface area contributed by atoms with E-state index in [9.17, 15) is 26.7 Å². The van der Waals surface area contributed by atoms with E-state index in [1.54, 1.807) is 0 Å². The van der Waals surface area contributed by atoms with E-state index in [0.29, 0.717) is 10.7 Å². The topological polar surface area (TPSA) is 41.1 Å². The van der Waals surface area contributed by atoms with Gasteiger partial charge in [0.05, 0.1) is 0 Å². The van der Waals surface area contributed by atoms with Crippen LogP contribution < -0.4 is 10.6 Å². The van der Waals surface area contributed by atoms with E-state index in [1.807, 2.05) is 0 Å². The van der Waals surface area contributed by atoms with Crippen molar-refractivity contribution in [1.29, 1.82) is 0 Å². The van der Waals surface area contributed by atoms with Crippen molar-refractivity contribution in [1.82, 2.24) is 5.32 Å². The van der Waals surface area contributed by atoms with Crippen LogP contribution in [0.25, 0.3) is 0 Å². The molecule has 128 valence electrons. The van der Waals surface area contributed by atoms with Crippen molar-refractivity contribution in [3.8, 4) is 0 Å². The molecule has 0 bridgehead atoms. The van der Waals surface area contributed by atoms with Gasteiger partial charge in [0.2, 0.25) is 5.82 Å². The molecule has 0 saturated heterocycles. The Kier molecular flexibility index (Phi) is 5.61. The van der Waals surface area contributed by atoms with E-state index in [2.05, 4.69) is 10.6 Å². The number of halogens is 6. The van der Waals surface area contributed by atoms with E-state index in [4.69, 9.17) is 11.6 Å². The van der Waals surface area contributed by atoms with Crippen LogP contribution in [0.1, 0.15) is 5.56 Å². The number of urea groups is 1. The number of anilines is 1. The third kappa shape index (κ3) is 3.94. The fourth-order valence-corrected chi connectivity index (χ4v) is 2.01. The van der Waals surface area contributed by atoms with Gasteiger partial charge in [-0.3, -0.25) is 0 Å². The predicted molar refractivity (Wildman–Crippen MR) is 78.4 cm³/mol. The molecule has 0 aliphatic carbocycles. The molecule has 2 N–H and O–H groups in total. The molecule has 9 heteroatoms. The summed E-state index contributed by atoms with van der Waals surface area (Å²) < 4.78 is 65.9. The second kappa shape index (κ2) is 7.48. The Morgan fingerprint density at radius 3 is 1.92 bits per heavy atom. The van der Waals surface area contributed by atoms with E-state index in [0.717, 1.165) is 0 Å². The van der Waals surface area contributed by atoms with Crippen LogP contribution in [-0.2, 0) is 6.42 Å². The molecule has 0 spiro atoms. The first kappa shape index (κ1) is 18.0. The summed E-state index contributed by atoms with van der Waals surface area (Å²) in [5.41, 5.74) is -0.577. The molecular formula is C15H10ClF5N2O. The molecule has 0 aliphatic rings. The van der Waals surface area contributed by atoms with Crippen molar-refractivity contribution in [2.45, 2.75) is 6.42 Å². The number of benzene rings is 2. The fourth-order valence-electron chi connectivity index (χ4n) is 1.88. The molecule has 0 aromatic heterocycles. The van der Waals surface area contributed by atoms with Gasteiger partial charge in [-0.05, 0) is 30.7 Å². The summed E-state index contributed by atoms with van der Waals surface area (Å²) in [6.07, 6.45) is -0.570. The lowest BCUT2D eigenvalue weighted by Crippen LogP contribution is -2.31. The Hall–Kier alpha value is -2.35. The first-order valence-corrected chi connectivity index (χ1v) is 6.99. The number of hydrogen-bond donors (Lipinski definition) is 2. The van der Waals surface area contributed by atoms with Crippen LogP contribution >= 0.6 is 11.6 Å². The highest BCUT2D eigenvalue weighted by Crippen LogP contribution is 2.23. The van der Waals surface area contributed by atoms with Crippen LogP contribution in [0.15, 0.2) is 24.3 Å². The van der Waals surface area contributed by atoms with Gasteiger partial charge >= 0.3 is 6.03 Å². The standard InChI is InChI=1S/C15H10ClF5N2O/c16-7-1-3-8(4-2-7)23-15(24)22-6-5-9-10(17)12(19)14(21)13(20)11(9)18/h1-4H,5-6H2,(H2,22,23,24). The predicted octanol–water partition coefficient (Wildman–Crippen LogP) is 4.40. The van der Waals surface area contributed by atoms with Crippen LogP contribution in [0.4, 0.5) is 32.4 Å². The minimum atomic E-state index is -2.22. The van der Waals surface area contributed by atoms with Crippen molar-refractivity contribution in [2.24, 2.45) is 0 Å². The van der Waals surface area contributed by atoms with Gasteiger partial charge in [-0.15, -0.1) is 0 Å². The number of rotatable bonds is 4. The molecule has 0 aliphatic heterocycles. The molecule has 0 saturated carbocycles. The van der Waals surface area contributed by atoms with Gasteiger partial charge in [-0.1, -0.05) is 11.6 Å². The quantitative estimate of drug-likeness (QED) is 0.471. The maximum atomic E-state index is 13.4. The largest absolute Gasteiger partial charge is 0.338 e. The number of carbonyl (C=O) groups is 1. The lowest BCUT2D eigenvalue weighted by Gasteiger charge is -2.10. The Bertz CT molecular complexity index is 738. The fraction of sp³-hybridized carbons (Fsp3) is 0.133. The minimum absolute atomic E-state index is 0.336. The maximum absolute atomic E-state index is 13.4. The van der Waals surface area contributed by atoms with Crippen molar-refractivity contribution in [3.05, 3.63) is 63.9 Å². The molecule has 2 aromatic rings. The second-order valence-electron chi connectivity index (χ2n) is 4.69. The lowest BCUT2D eigenvalue weighted by molar-refractivity contribution is 0.252. The normalized spacial score (nSPS) is 10.6. The monoisotopic (exact) mass is 364 g/mol. The Morgan fingerprint density at radius 1 is 0.875 bits per heavy atom. The molecule has 0 atom stereocenters. The molecular weight excluding hydrogens is 355 g/mol. The highest BCUT2D eigenvalue weighted by molar-refractivity contribution is 6.30. The highest BCUT2D eigenvalue weighted by atomic mass is 35.5. The molecule has 2 rings (SSSR count). The third-order valence-corrected chi connectivity index (χ3v) is 3.32. The molecule has 2 aromatic carbocycles. The number of carbonyl (C=O) groups excluding carboxylic acids is 1. The molecule has 0 fully saturated rings. The van der Waals surface area contributed by atoms with Crippen molar-refractivity contribution >= 4 is 23.3 Å². The summed E-state index contributed by atoms with van der Waals surface area (Å²) >= 11 is 5.68. The van der Waals surface area contributed by atoms with Gasteiger partial charge in [0.1, 0.15) is 0 Å². The summed E-state index contributed by atoms with van der Waals surface area (Å²) in [5, 5.41) is 5.12. The Morgan fingerprint density at radius 2 is 1.38 bits per heavy atom. The number of nitrogens with one attached hydrogen (secondary N) is 2. The molecule has 0 heterocycles. The summed E-state index contributed by atoms with van der Waals surface area (Å²) in [6, 6.07) is 5.40. The van der Waals surface area contributed by atoms with Crippen LogP contribution in [0.3, 0.4) is 0 Å². The molecule has 0 unspecified atom stereocenters. The van der Waals surface area contributed by atoms with Crippen LogP contribution in [-0.4, -0.2) is 12.6 Å². The van der Waals surface area contributed by atoms with Crippen LogP contribution in [0, 0.1) is 29.1 Å². The summed E-state index contributed by atoms with van der Waals surface area (Å²) in [6.45, 7) is -0.336. The first-order valence-electron chi connectivity index (χ1n) is 6.62. The van der Waals surface area contributed by atoms with Gasteiger partial charge < -0.3 is 10.6 Å². The van der Waals surface area contributed by atoms with Gasteiger partial charge in [0.25, 0.3) is 0 Å². The van der Waals surface area contributed by atoms with Crippen LogP contribution in [0.5, 0.6) is 0 Å². The average molecular weight is 365 g/mol. The van der Waals surface area contributed by atoms with Crippen molar-refractivity contribution in [3.63, 3.8) is 0 Å². The summed E-state index contributed by atoms with van der Waals surface area (Å²) in [5.74, 6) is -10.1. The maximum Gasteiger partial charge on any atom is 0.319 e. The summed E-state index contributed by atoms with van der Waals surface area (Å²) in [7, 11) is 0. The van der Waals surface area contributed by atoms with E-state index in [1.165, 1.54) is 24.3 Å². The Labute approximate surface area is 138 Å². The third-order valence-electron chi connectivity index (χ3n) is 3.06. The molecule has 3 nitrogen and oxygen atoms in total. The van der Waals surface area contributed by atoms with Crippen LogP contribution in [0.2, 0.25) is 5.02 Å². The van der Waals surface area contributed by atoms with E-state index >= 15 is 0 Å². The van der Waals surface area contributed by atoms with E-state index in [-0.39, 0.29) is 6.54 Å². The van der Waals surface area contributed by atoms with Crippen molar-refractivity contribution in [2.75, 3.05) is 11.9 Å². The average Bonchev–Trinajstić information content (AvgIpc) is 2.56. The second-order valence-corrected chi connectivity index (χ2v) is 5.12. The molecule has 0 radical (unpaired) electrons. The van der Waals surface area contributed by atoms with Crippen molar-refractivity contribution < 1.29 is 26.7 Å². The van der Waals surface area contributed by atoms with Gasteiger partial charge in [0, 0.05) is 22.8 Å². The number of amides is 2. The molecule has 24 heavy (non-hydrogen) atoms. The van der Waals surface area contributed by atoms with Gasteiger partial charge in [0.15, 0.2) is 23.3 Å². The first-order chi connectivity index (χ1) is 11.3. The lowest BCUT2D eigenvalue weighted by atomic mass is 10.1. The zero-order valence-corrected chi connectivity index (χ0v) is 12.7. The zero-order chi connectivity index (χ0) is 17.9. The Balaban J connectivity index is 1.97. The smallest absolute Gasteiger partial charge is 0.319 e. The highest BCUT2D eigenvalue weighted by Gasteiger charge is 2.25. The summed E-state index contributed by atoms with van der Waals surface area (Å²) in [4.78, 5) is 11.6. The van der Waals surface area contributed by atoms with Gasteiger partial charge in [-0.25, -0.2) is 26.7 Å². The van der Waals surface area contributed by atoms with E-state index < -0.39 is 47.1 Å². The molecule has 2 amide bonds. The SMILES string of the molecule is O=C(NCCc1c(F)c(F)c(F)c(F)c1F)Nc1ccc(Cl)cc1. The zero-order valence-electron chi connectivity index (χ0n) is 11.9. The van der Waals surface area contributed by atoms with Gasteiger partial charge in [-0.2, -0.15) is 0 Å². The minimum Gasteiger partial charge on any atom is -0.338 e. The number of hydrogen-bond acceptors (Lipinski definition) is 1.